The molecule has 0 aromatic heterocycles. The molecule has 0 aliphatic carbocycles. The largest absolute Gasteiger partial charge is 0.285 e. The molecular weight excluding hydrogens is 186 g/mol. The van der Waals surface area contributed by atoms with Crippen LogP contribution in [0.2, 0.25) is 0 Å². The van der Waals surface area contributed by atoms with Crippen molar-refractivity contribution in [1.29, 1.82) is 0 Å². The molecule has 0 heterocycles. The summed E-state index contributed by atoms with van der Waals surface area (Å²) in [6, 6.07) is 4.79. The third-order valence-corrected chi connectivity index (χ3v) is 2.05. The van der Waals surface area contributed by atoms with E-state index in [9.17, 15) is 13.6 Å². The van der Waals surface area contributed by atoms with E-state index in [1.807, 2.05) is 0 Å². The molecule has 1 nitrogen and oxygen atoms in total. The Kier molecular flexibility index (Phi) is 4.23. The molecule has 1 aromatic rings. The maximum absolute atomic E-state index is 12.1. The molecule has 1 rings (SSSR count). The van der Waals surface area contributed by atoms with Crippen LogP contribution in [0, 0.1) is 0 Å². The van der Waals surface area contributed by atoms with Crippen LogP contribution in [0.4, 0.5) is 8.78 Å². The molecule has 1 aromatic carbocycles. The Morgan fingerprint density at radius 1 is 1.07 bits per heavy atom. The van der Waals surface area contributed by atoms with Crippen LogP contribution in [-0.4, -0.2) is 19.6 Å². The van der Waals surface area contributed by atoms with Gasteiger partial charge < -0.3 is 0 Å². The maximum Gasteiger partial charge on any atom is 0.233 e. The fraction of sp³-hybridized carbons (Fsp3) is 0.364. The van der Waals surface area contributed by atoms with Gasteiger partial charge in [0.2, 0.25) is 6.29 Å². The molecule has 1 radical (unpaired) electrons. The molecule has 0 unspecified atom stereocenters. The van der Waals surface area contributed by atoms with E-state index in [1.165, 1.54) is 0 Å². The lowest BCUT2D eigenvalue weighted by atomic mass is 10.0. The predicted molar refractivity (Wildman–Crippen MR) is 50.6 cm³/mol. The third kappa shape index (κ3) is 2.62. The number of hydrogen-bond donors (Lipinski definition) is 0. The Morgan fingerprint density at radius 2 is 1.71 bits per heavy atom. The SMILES string of the molecule is O=[C]c1ccc(CCF)c(CCF)c1. The second-order valence-electron chi connectivity index (χ2n) is 2.96. The monoisotopic (exact) mass is 197 g/mol. The molecule has 14 heavy (non-hydrogen) atoms. The predicted octanol–water partition coefficient (Wildman–Crippen LogP) is 2.17. The highest BCUT2D eigenvalue weighted by atomic mass is 19.1. The molecule has 0 saturated heterocycles. The summed E-state index contributed by atoms with van der Waals surface area (Å²) in [5.41, 5.74) is 1.85. The standard InChI is InChI=1S/C11H11F2O/c12-5-3-10-2-1-9(8-14)7-11(10)4-6-13/h1-2,7H,3-6H2. The Morgan fingerprint density at radius 3 is 2.29 bits per heavy atom. The van der Waals surface area contributed by atoms with Crippen LogP contribution in [0.15, 0.2) is 18.2 Å². The minimum atomic E-state index is -0.498. The number of hydrogen-bond acceptors (Lipinski definition) is 1. The first-order chi connectivity index (χ1) is 6.81. The maximum atomic E-state index is 12.1. The molecule has 3 heteroatoms. The van der Waals surface area contributed by atoms with Crippen molar-refractivity contribution in [2.24, 2.45) is 0 Å². The second-order valence-corrected chi connectivity index (χ2v) is 2.96. The number of aryl methyl sites for hydroxylation is 2. The van der Waals surface area contributed by atoms with Gasteiger partial charge in [-0.2, -0.15) is 0 Å². The average Bonchev–Trinajstić information content (AvgIpc) is 2.21. The van der Waals surface area contributed by atoms with Gasteiger partial charge in [-0.05, 0) is 17.2 Å². The van der Waals surface area contributed by atoms with Gasteiger partial charge in [0.1, 0.15) is 0 Å². The fourth-order valence-electron chi connectivity index (χ4n) is 1.37. The van der Waals surface area contributed by atoms with Crippen LogP contribution >= 0.6 is 0 Å². The summed E-state index contributed by atoms with van der Waals surface area (Å²) in [5, 5.41) is 0. The van der Waals surface area contributed by atoms with E-state index in [4.69, 9.17) is 0 Å². The third-order valence-electron chi connectivity index (χ3n) is 2.05. The molecular formula is C11H11F2O. The molecule has 0 aliphatic rings. The molecule has 0 atom stereocenters. The average molecular weight is 197 g/mol. The Balaban J connectivity index is 2.96. The zero-order valence-electron chi connectivity index (χ0n) is 7.72. The van der Waals surface area contributed by atoms with Crippen LogP contribution in [0.3, 0.4) is 0 Å². The number of halogens is 2. The van der Waals surface area contributed by atoms with Crippen molar-refractivity contribution in [2.75, 3.05) is 13.3 Å². The highest BCUT2D eigenvalue weighted by Gasteiger charge is 2.04. The zero-order chi connectivity index (χ0) is 10.4. The summed E-state index contributed by atoms with van der Waals surface area (Å²) in [6.45, 7) is -0.967. The smallest absolute Gasteiger partial charge is 0.233 e. The molecule has 0 saturated carbocycles. The topological polar surface area (TPSA) is 17.1 Å². The first kappa shape index (κ1) is 10.8. The van der Waals surface area contributed by atoms with Gasteiger partial charge in [0.05, 0.1) is 13.3 Å². The fourth-order valence-corrected chi connectivity index (χ4v) is 1.37. The van der Waals surface area contributed by atoms with Crippen molar-refractivity contribution in [3.63, 3.8) is 0 Å². The number of alkyl halides is 2. The van der Waals surface area contributed by atoms with Crippen LogP contribution in [0.5, 0.6) is 0 Å². The van der Waals surface area contributed by atoms with E-state index in [0.717, 1.165) is 5.56 Å². The summed E-state index contributed by atoms with van der Waals surface area (Å²) < 4.78 is 24.3. The van der Waals surface area contributed by atoms with Crippen LogP contribution in [-0.2, 0) is 17.6 Å². The van der Waals surface area contributed by atoms with Gasteiger partial charge >= 0.3 is 0 Å². The normalized spacial score (nSPS) is 10.1. The summed E-state index contributed by atoms with van der Waals surface area (Å²) in [7, 11) is 0. The minimum absolute atomic E-state index is 0.227. The lowest BCUT2D eigenvalue weighted by molar-refractivity contribution is 0.483. The summed E-state index contributed by atoms with van der Waals surface area (Å²) in [5.74, 6) is 0. The number of benzene rings is 1. The van der Waals surface area contributed by atoms with Gasteiger partial charge in [0.25, 0.3) is 0 Å². The lowest BCUT2D eigenvalue weighted by Gasteiger charge is -2.06. The van der Waals surface area contributed by atoms with Crippen LogP contribution in [0.25, 0.3) is 0 Å². The van der Waals surface area contributed by atoms with Crippen molar-refractivity contribution in [1.82, 2.24) is 0 Å². The van der Waals surface area contributed by atoms with E-state index in [2.05, 4.69) is 0 Å². The van der Waals surface area contributed by atoms with Crippen molar-refractivity contribution in [2.45, 2.75) is 12.8 Å². The summed E-state index contributed by atoms with van der Waals surface area (Å²) >= 11 is 0. The van der Waals surface area contributed by atoms with E-state index in [0.29, 0.717) is 11.1 Å². The Hall–Kier alpha value is -1.25. The molecule has 0 N–H and O–H groups in total. The molecule has 0 amide bonds. The molecule has 0 bridgehead atoms. The quantitative estimate of drug-likeness (QED) is 0.707. The summed E-state index contributed by atoms with van der Waals surface area (Å²) in [4.78, 5) is 10.3. The molecule has 75 valence electrons. The zero-order valence-corrected chi connectivity index (χ0v) is 7.72. The number of rotatable bonds is 5. The highest BCUT2D eigenvalue weighted by molar-refractivity contribution is 5.75. The van der Waals surface area contributed by atoms with Gasteiger partial charge in [0, 0.05) is 18.4 Å². The Labute approximate surface area is 81.7 Å². The molecule has 0 fully saturated rings. The van der Waals surface area contributed by atoms with Gasteiger partial charge in [0.15, 0.2) is 0 Å². The van der Waals surface area contributed by atoms with E-state index < -0.39 is 13.3 Å². The van der Waals surface area contributed by atoms with Crippen molar-refractivity contribution >= 4 is 6.29 Å². The van der Waals surface area contributed by atoms with Gasteiger partial charge in [-0.3, -0.25) is 13.6 Å². The second kappa shape index (κ2) is 5.47. The van der Waals surface area contributed by atoms with Crippen molar-refractivity contribution < 1.29 is 13.6 Å². The van der Waals surface area contributed by atoms with Gasteiger partial charge in [-0.1, -0.05) is 12.1 Å². The van der Waals surface area contributed by atoms with Crippen molar-refractivity contribution in [3.8, 4) is 0 Å². The molecule has 0 aliphatic heterocycles. The van der Waals surface area contributed by atoms with Crippen LogP contribution in [0.1, 0.15) is 16.7 Å². The van der Waals surface area contributed by atoms with Gasteiger partial charge in [-0.25, -0.2) is 0 Å². The molecule has 0 spiro atoms. The van der Waals surface area contributed by atoms with E-state index >= 15 is 0 Å². The number of carbonyl (C=O) groups excluding carboxylic acids is 1. The minimum Gasteiger partial charge on any atom is -0.285 e. The highest BCUT2D eigenvalue weighted by Crippen LogP contribution is 2.13. The first-order valence-electron chi connectivity index (χ1n) is 4.43. The van der Waals surface area contributed by atoms with Crippen molar-refractivity contribution in [3.05, 3.63) is 34.9 Å². The first-order valence-corrected chi connectivity index (χ1v) is 4.43. The van der Waals surface area contributed by atoms with E-state index in [-0.39, 0.29) is 12.8 Å². The summed E-state index contributed by atoms with van der Waals surface area (Å²) in [6.07, 6.45) is 2.23. The Bertz CT molecular complexity index is 310. The van der Waals surface area contributed by atoms with Gasteiger partial charge in [-0.15, -0.1) is 0 Å². The lowest BCUT2D eigenvalue weighted by Crippen LogP contribution is -1.98. The van der Waals surface area contributed by atoms with E-state index in [1.54, 1.807) is 24.5 Å². The van der Waals surface area contributed by atoms with Crippen LogP contribution < -0.4 is 0 Å².